The molecular weight excluding hydrogens is 353 g/mol. The minimum Gasteiger partial charge on any atom is -0.409 e. The Labute approximate surface area is 152 Å². The lowest BCUT2D eigenvalue weighted by atomic mass is 10.2. The highest BCUT2D eigenvalue weighted by Crippen LogP contribution is 2.28. The van der Waals surface area contributed by atoms with Crippen molar-refractivity contribution in [2.75, 3.05) is 0 Å². The van der Waals surface area contributed by atoms with Gasteiger partial charge in [-0.2, -0.15) is 0 Å². The van der Waals surface area contributed by atoms with E-state index in [0.717, 1.165) is 10.1 Å². The summed E-state index contributed by atoms with van der Waals surface area (Å²) in [6.45, 7) is -0.0684. The minimum absolute atomic E-state index is 0.0684. The summed E-state index contributed by atoms with van der Waals surface area (Å²) in [6.07, 6.45) is 1.61. The molecule has 2 aromatic heterocycles. The fourth-order valence-corrected chi connectivity index (χ4v) is 2.62. The van der Waals surface area contributed by atoms with Crippen LogP contribution in [-0.2, 0) is 6.54 Å². The van der Waals surface area contributed by atoms with E-state index in [-0.39, 0.29) is 12.6 Å². The standard InChI is InChI=1S/C18H12FN5O3/c19-14-8-2-1-5-13(14)11-23-18(21-17(22-23)24(25)26)27-15-9-3-6-12-7-4-10-20-16(12)15/h1-10H,11H2. The van der Waals surface area contributed by atoms with E-state index in [1.54, 1.807) is 42.6 Å². The van der Waals surface area contributed by atoms with Crippen molar-refractivity contribution in [1.82, 2.24) is 19.7 Å². The number of halogens is 1. The topological polar surface area (TPSA) is 96.0 Å². The van der Waals surface area contributed by atoms with Gasteiger partial charge >= 0.3 is 12.0 Å². The highest BCUT2D eigenvalue weighted by atomic mass is 19.1. The quantitative estimate of drug-likeness (QED) is 0.395. The third-order valence-corrected chi connectivity index (χ3v) is 3.86. The van der Waals surface area contributed by atoms with Gasteiger partial charge in [0, 0.05) is 22.2 Å². The van der Waals surface area contributed by atoms with Gasteiger partial charge in [0.05, 0.1) is 6.54 Å². The van der Waals surface area contributed by atoms with Crippen LogP contribution in [0.15, 0.2) is 60.8 Å². The van der Waals surface area contributed by atoms with Crippen LogP contribution in [-0.4, -0.2) is 24.7 Å². The summed E-state index contributed by atoms with van der Waals surface area (Å²) in [5.74, 6) is -0.715. The highest BCUT2D eigenvalue weighted by molar-refractivity contribution is 5.84. The van der Waals surface area contributed by atoms with Crippen LogP contribution in [0, 0.1) is 15.9 Å². The van der Waals surface area contributed by atoms with Crippen LogP contribution in [0.2, 0.25) is 0 Å². The lowest BCUT2D eigenvalue weighted by Gasteiger charge is -2.06. The van der Waals surface area contributed by atoms with Gasteiger partial charge in [-0.15, -0.1) is 4.68 Å². The zero-order valence-electron chi connectivity index (χ0n) is 13.8. The molecule has 0 unspecified atom stereocenters. The molecule has 0 N–H and O–H groups in total. The Bertz CT molecular complexity index is 1140. The Hall–Kier alpha value is -3.88. The van der Waals surface area contributed by atoms with E-state index in [4.69, 9.17) is 4.74 Å². The molecule has 4 rings (SSSR count). The zero-order valence-corrected chi connectivity index (χ0v) is 13.8. The second-order valence-electron chi connectivity index (χ2n) is 5.63. The lowest BCUT2D eigenvalue weighted by Crippen LogP contribution is -2.06. The number of aromatic nitrogens is 4. The van der Waals surface area contributed by atoms with Crippen LogP contribution >= 0.6 is 0 Å². The zero-order chi connectivity index (χ0) is 18.8. The molecule has 0 amide bonds. The van der Waals surface area contributed by atoms with Crippen LogP contribution in [0.3, 0.4) is 0 Å². The van der Waals surface area contributed by atoms with Crippen molar-refractivity contribution in [3.05, 3.63) is 82.3 Å². The Kier molecular flexibility index (Phi) is 4.17. The first kappa shape index (κ1) is 16.6. The van der Waals surface area contributed by atoms with Crippen LogP contribution in [0.5, 0.6) is 11.8 Å². The SMILES string of the molecule is O=[N+]([O-])c1nc(Oc2cccc3cccnc23)n(Cc2ccccc2F)n1. The van der Waals surface area contributed by atoms with Crippen LogP contribution in [0.25, 0.3) is 10.9 Å². The van der Waals surface area contributed by atoms with Gasteiger partial charge in [0.25, 0.3) is 0 Å². The number of hydrogen-bond donors (Lipinski definition) is 0. The lowest BCUT2D eigenvalue weighted by molar-refractivity contribution is -0.394. The fourth-order valence-electron chi connectivity index (χ4n) is 2.62. The van der Waals surface area contributed by atoms with Crippen molar-refractivity contribution in [3.63, 3.8) is 0 Å². The van der Waals surface area contributed by atoms with E-state index in [1.165, 1.54) is 6.07 Å². The van der Waals surface area contributed by atoms with E-state index in [2.05, 4.69) is 15.1 Å². The maximum atomic E-state index is 14.0. The average Bonchev–Trinajstić information content (AvgIpc) is 3.07. The third-order valence-electron chi connectivity index (χ3n) is 3.86. The predicted molar refractivity (Wildman–Crippen MR) is 94.0 cm³/mol. The first-order chi connectivity index (χ1) is 13.1. The van der Waals surface area contributed by atoms with E-state index in [0.29, 0.717) is 16.8 Å². The van der Waals surface area contributed by atoms with Gasteiger partial charge in [-0.1, -0.05) is 36.4 Å². The molecule has 0 bridgehead atoms. The molecule has 27 heavy (non-hydrogen) atoms. The molecule has 2 heterocycles. The van der Waals surface area contributed by atoms with Crippen molar-refractivity contribution < 1.29 is 14.1 Å². The molecule has 9 heteroatoms. The van der Waals surface area contributed by atoms with E-state index < -0.39 is 16.7 Å². The van der Waals surface area contributed by atoms with E-state index >= 15 is 0 Å². The van der Waals surface area contributed by atoms with Crippen LogP contribution in [0.1, 0.15) is 5.56 Å². The molecule has 0 aliphatic heterocycles. The monoisotopic (exact) mass is 365 g/mol. The average molecular weight is 365 g/mol. The maximum absolute atomic E-state index is 14.0. The van der Waals surface area contributed by atoms with E-state index in [9.17, 15) is 14.5 Å². The Morgan fingerprint density at radius 1 is 1.11 bits per heavy atom. The predicted octanol–water partition coefficient (Wildman–Crippen LogP) is 3.71. The molecular formula is C18H12FN5O3. The minimum atomic E-state index is -0.730. The molecule has 0 atom stereocenters. The van der Waals surface area contributed by atoms with Crippen molar-refractivity contribution in [3.8, 4) is 11.8 Å². The Balaban J connectivity index is 1.75. The molecule has 0 aliphatic rings. The van der Waals surface area contributed by atoms with E-state index in [1.807, 2.05) is 12.1 Å². The summed E-state index contributed by atoms with van der Waals surface area (Å²) in [6, 6.07) is 14.9. The van der Waals surface area contributed by atoms with Crippen LogP contribution < -0.4 is 4.74 Å². The second-order valence-corrected chi connectivity index (χ2v) is 5.63. The number of ether oxygens (including phenoxy) is 1. The number of benzene rings is 2. The van der Waals surface area contributed by atoms with Crippen LogP contribution in [0.4, 0.5) is 10.3 Å². The van der Waals surface area contributed by atoms with Crippen molar-refractivity contribution >= 4 is 16.9 Å². The van der Waals surface area contributed by atoms with Crippen molar-refractivity contribution in [2.45, 2.75) is 6.54 Å². The molecule has 2 aromatic carbocycles. The maximum Gasteiger partial charge on any atom is 0.494 e. The molecule has 0 aliphatic carbocycles. The molecule has 0 saturated carbocycles. The summed E-state index contributed by atoms with van der Waals surface area (Å²) >= 11 is 0. The Morgan fingerprint density at radius 2 is 1.93 bits per heavy atom. The van der Waals surface area contributed by atoms with Gasteiger partial charge in [-0.05, 0) is 28.1 Å². The first-order valence-electron chi connectivity index (χ1n) is 7.96. The molecule has 8 nitrogen and oxygen atoms in total. The molecule has 4 aromatic rings. The van der Waals surface area contributed by atoms with Crippen molar-refractivity contribution in [2.24, 2.45) is 0 Å². The molecule has 0 saturated heterocycles. The van der Waals surface area contributed by atoms with Gasteiger partial charge in [0.2, 0.25) is 0 Å². The first-order valence-corrected chi connectivity index (χ1v) is 7.96. The number of hydrogen-bond acceptors (Lipinski definition) is 6. The van der Waals surface area contributed by atoms with Gasteiger partial charge in [0.15, 0.2) is 5.75 Å². The van der Waals surface area contributed by atoms with Gasteiger partial charge in [-0.25, -0.2) is 4.39 Å². The smallest absolute Gasteiger partial charge is 0.409 e. The summed E-state index contributed by atoms with van der Waals surface area (Å²) in [7, 11) is 0. The number of nitrogens with zero attached hydrogens (tertiary/aromatic N) is 5. The number of fused-ring (bicyclic) bond motifs is 1. The largest absolute Gasteiger partial charge is 0.494 e. The molecule has 134 valence electrons. The highest BCUT2D eigenvalue weighted by Gasteiger charge is 2.25. The fraction of sp³-hybridized carbons (Fsp3) is 0.0556. The molecule has 0 radical (unpaired) electrons. The summed E-state index contributed by atoms with van der Waals surface area (Å²) in [5, 5.41) is 15.7. The normalized spacial score (nSPS) is 10.9. The summed E-state index contributed by atoms with van der Waals surface area (Å²) in [4.78, 5) is 18.4. The van der Waals surface area contributed by atoms with Crippen molar-refractivity contribution in [1.29, 1.82) is 0 Å². The molecule has 0 spiro atoms. The summed E-state index contributed by atoms with van der Waals surface area (Å²) in [5.41, 5.74) is 0.876. The summed E-state index contributed by atoms with van der Waals surface area (Å²) < 4.78 is 20.9. The number of pyridine rings is 1. The number of rotatable bonds is 5. The Morgan fingerprint density at radius 3 is 2.74 bits per heavy atom. The van der Waals surface area contributed by atoms with Gasteiger partial charge in [-0.3, -0.25) is 4.98 Å². The number of nitro groups is 1. The second kappa shape index (κ2) is 6.79. The third kappa shape index (κ3) is 3.30. The number of para-hydroxylation sites is 1. The van der Waals surface area contributed by atoms with Gasteiger partial charge < -0.3 is 14.9 Å². The van der Waals surface area contributed by atoms with Gasteiger partial charge in [0.1, 0.15) is 11.3 Å². The molecule has 0 fully saturated rings.